The van der Waals surface area contributed by atoms with Gasteiger partial charge in [-0.15, -0.1) is 0 Å². The number of hydrogen-bond acceptors (Lipinski definition) is 2. The van der Waals surface area contributed by atoms with E-state index in [1.807, 2.05) is 6.07 Å². The quantitative estimate of drug-likeness (QED) is 0.110. The van der Waals surface area contributed by atoms with Gasteiger partial charge in [0.2, 0.25) is 0 Å². The SMILES string of the molecule is CC(/C=C/CCCCCCCc1ccccc1)CCCCCCOCC(CC(C)(C)C)OCc1ccccc1. The first-order valence-corrected chi connectivity index (χ1v) is 15.9. The zero-order valence-corrected chi connectivity index (χ0v) is 25.7. The van der Waals surface area contributed by atoms with Crippen LogP contribution in [0.25, 0.3) is 0 Å². The van der Waals surface area contributed by atoms with Crippen molar-refractivity contribution in [3.63, 3.8) is 0 Å². The van der Waals surface area contributed by atoms with Gasteiger partial charge in [0.25, 0.3) is 0 Å². The highest BCUT2D eigenvalue weighted by Gasteiger charge is 2.19. The molecule has 0 fully saturated rings. The van der Waals surface area contributed by atoms with Crippen molar-refractivity contribution in [3.8, 4) is 0 Å². The van der Waals surface area contributed by atoms with Crippen LogP contribution in [0.1, 0.15) is 116 Å². The van der Waals surface area contributed by atoms with Crippen LogP contribution >= 0.6 is 0 Å². The number of allylic oxidation sites excluding steroid dienone is 2. The van der Waals surface area contributed by atoms with Gasteiger partial charge in [0, 0.05) is 6.61 Å². The van der Waals surface area contributed by atoms with Crippen molar-refractivity contribution in [1.29, 1.82) is 0 Å². The van der Waals surface area contributed by atoms with Gasteiger partial charge in [-0.25, -0.2) is 0 Å². The van der Waals surface area contributed by atoms with E-state index in [1.165, 1.54) is 81.8 Å². The van der Waals surface area contributed by atoms with Crippen LogP contribution in [0, 0.1) is 11.3 Å². The molecule has 0 heterocycles. The molecular weight excluding hydrogens is 476 g/mol. The van der Waals surface area contributed by atoms with Crippen molar-refractivity contribution in [3.05, 3.63) is 83.9 Å². The molecule has 0 amide bonds. The molecule has 39 heavy (non-hydrogen) atoms. The number of aryl methyl sites for hydroxylation is 1. The lowest BCUT2D eigenvalue weighted by Crippen LogP contribution is -2.26. The molecule has 0 spiro atoms. The Morgan fingerprint density at radius 2 is 1.33 bits per heavy atom. The Kier molecular flexibility index (Phi) is 17.9. The molecule has 0 N–H and O–H groups in total. The van der Waals surface area contributed by atoms with E-state index in [4.69, 9.17) is 9.47 Å². The summed E-state index contributed by atoms with van der Waals surface area (Å²) in [6.07, 6.45) is 21.6. The maximum Gasteiger partial charge on any atom is 0.0818 e. The van der Waals surface area contributed by atoms with Gasteiger partial charge in [-0.1, -0.05) is 139 Å². The average molecular weight is 535 g/mol. The van der Waals surface area contributed by atoms with Crippen LogP contribution in [0.5, 0.6) is 0 Å². The van der Waals surface area contributed by atoms with E-state index in [2.05, 4.69) is 94.4 Å². The minimum atomic E-state index is 0.150. The van der Waals surface area contributed by atoms with Crippen molar-refractivity contribution in [2.24, 2.45) is 11.3 Å². The molecule has 0 saturated carbocycles. The topological polar surface area (TPSA) is 18.5 Å². The number of ether oxygens (including phenoxy) is 2. The zero-order chi connectivity index (χ0) is 28.0. The van der Waals surface area contributed by atoms with E-state index in [1.54, 1.807) is 0 Å². The van der Waals surface area contributed by atoms with Crippen molar-refractivity contribution < 1.29 is 9.47 Å². The summed E-state index contributed by atoms with van der Waals surface area (Å²) in [7, 11) is 0. The summed E-state index contributed by atoms with van der Waals surface area (Å²) in [4.78, 5) is 0. The molecule has 2 nitrogen and oxygen atoms in total. The Balaban J connectivity index is 1.41. The van der Waals surface area contributed by atoms with Gasteiger partial charge < -0.3 is 9.47 Å². The van der Waals surface area contributed by atoms with Crippen molar-refractivity contribution in [1.82, 2.24) is 0 Å². The normalized spacial score (nSPS) is 13.6. The second-order valence-corrected chi connectivity index (χ2v) is 12.7. The summed E-state index contributed by atoms with van der Waals surface area (Å²) in [6, 6.07) is 21.3. The number of unbranched alkanes of at least 4 members (excludes halogenated alkanes) is 8. The zero-order valence-electron chi connectivity index (χ0n) is 25.7. The fraction of sp³-hybridized carbons (Fsp3) is 0.622. The Bertz CT molecular complexity index is 837. The van der Waals surface area contributed by atoms with Crippen LogP contribution in [0.3, 0.4) is 0 Å². The highest BCUT2D eigenvalue weighted by Crippen LogP contribution is 2.23. The van der Waals surface area contributed by atoms with E-state index in [9.17, 15) is 0 Å². The Morgan fingerprint density at radius 3 is 2.05 bits per heavy atom. The van der Waals surface area contributed by atoms with Crippen molar-refractivity contribution in [2.75, 3.05) is 13.2 Å². The van der Waals surface area contributed by atoms with Crippen LogP contribution in [-0.4, -0.2) is 19.3 Å². The molecule has 2 unspecified atom stereocenters. The van der Waals surface area contributed by atoms with E-state index in [0.717, 1.165) is 19.4 Å². The lowest BCUT2D eigenvalue weighted by molar-refractivity contribution is -0.0430. The fourth-order valence-electron chi connectivity index (χ4n) is 5.07. The van der Waals surface area contributed by atoms with E-state index in [-0.39, 0.29) is 11.5 Å². The highest BCUT2D eigenvalue weighted by atomic mass is 16.5. The standard InChI is InChI=1S/C37H58O2/c1-33(22-14-8-6-5-7-9-16-24-34-25-17-12-18-26-34)23-15-10-11-21-29-38-32-36(30-37(2,3)4)39-31-35-27-19-13-20-28-35/h12-14,17-20,22,25-28,33,36H,5-11,15-16,21,23-24,29-32H2,1-4H3/b22-14+. The maximum absolute atomic E-state index is 6.23. The predicted molar refractivity (Wildman–Crippen MR) is 169 cm³/mol. The molecule has 0 aliphatic heterocycles. The molecule has 2 atom stereocenters. The molecule has 2 rings (SSSR count). The Labute approximate surface area is 241 Å². The van der Waals surface area contributed by atoms with E-state index >= 15 is 0 Å². The predicted octanol–water partition coefficient (Wildman–Crippen LogP) is 10.8. The van der Waals surface area contributed by atoms with E-state index < -0.39 is 0 Å². The minimum Gasteiger partial charge on any atom is -0.379 e. The summed E-state index contributed by atoms with van der Waals surface area (Å²) in [5.41, 5.74) is 2.94. The van der Waals surface area contributed by atoms with Gasteiger partial charge in [0.1, 0.15) is 0 Å². The highest BCUT2D eigenvalue weighted by molar-refractivity contribution is 5.14. The second kappa shape index (κ2) is 20.9. The lowest BCUT2D eigenvalue weighted by atomic mass is 9.89. The Hall–Kier alpha value is -1.90. The van der Waals surface area contributed by atoms with Crippen LogP contribution in [-0.2, 0) is 22.5 Å². The third-order valence-corrected chi connectivity index (χ3v) is 7.31. The molecule has 0 saturated heterocycles. The van der Waals surface area contributed by atoms with Gasteiger partial charge in [0.05, 0.1) is 19.3 Å². The molecular formula is C37H58O2. The van der Waals surface area contributed by atoms with Gasteiger partial charge in [-0.3, -0.25) is 0 Å². The third-order valence-electron chi connectivity index (χ3n) is 7.31. The van der Waals surface area contributed by atoms with Crippen LogP contribution in [0.4, 0.5) is 0 Å². The van der Waals surface area contributed by atoms with Crippen molar-refractivity contribution >= 4 is 0 Å². The van der Waals surface area contributed by atoms with Gasteiger partial charge in [-0.05, 0) is 67.4 Å². The molecule has 0 bridgehead atoms. The summed E-state index contributed by atoms with van der Waals surface area (Å²) in [5, 5.41) is 0. The monoisotopic (exact) mass is 534 g/mol. The Morgan fingerprint density at radius 1 is 0.718 bits per heavy atom. The van der Waals surface area contributed by atoms with Crippen molar-refractivity contribution in [2.45, 2.75) is 124 Å². The summed E-state index contributed by atoms with van der Waals surface area (Å²) >= 11 is 0. The molecule has 218 valence electrons. The number of benzene rings is 2. The van der Waals surface area contributed by atoms with Crippen LogP contribution < -0.4 is 0 Å². The molecule has 2 heteroatoms. The summed E-state index contributed by atoms with van der Waals surface area (Å²) < 4.78 is 12.3. The van der Waals surface area contributed by atoms with Gasteiger partial charge in [-0.2, -0.15) is 0 Å². The molecule has 0 aliphatic carbocycles. The summed E-state index contributed by atoms with van der Waals surface area (Å²) in [6.45, 7) is 11.4. The lowest BCUT2D eigenvalue weighted by Gasteiger charge is -2.26. The number of hydrogen-bond donors (Lipinski definition) is 0. The molecule has 0 aliphatic rings. The fourth-order valence-corrected chi connectivity index (χ4v) is 5.07. The van der Waals surface area contributed by atoms with Gasteiger partial charge >= 0.3 is 0 Å². The molecule has 0 radical (unpaired) electrons. The van der Waals surface area contributed by atoms with E-state index in [0.29, 0.717) is 19.1 Å². The second-order valence-electron chi connectivity index (χ2n) is 12.7. The first-order chi connectivity index (χ1) is 18.9. The molecule has 2 aromatic carbocycles. The molecule has 2 aromatic rings. The first-order valence-electron chi connectivity index (χ1n) is 15.9. The average Bonchev–Trinajstić information content (AvgIpc) is 2.92. The first kappa shape index (κ1) is 33.3. The smallest absolute Gasteiger partial charge is 0.0818 e. The maximum atomic E-state index is 6.23. The minimum absolute atomic E-state index is 0.150. The molecule has 0 aromatic heterocycles. The van der Waals surface area contributed by atoms with Gasteiger partial charge in [0.15, 0.2) is 0 Å². The van der Waals surface area contributed by atoms with Crippen LogP contribution in [0.15, 0.2) is 72.8 Å². The summed E-state index contributed by atoms with van der Waals surface area (Å²) in [5.74, 6) is 0.701. The third kappa shape index (κ3) is 18.9. The van der Waals surface area contributed by atoms with Crippen LogP contribution in [0.2, 0.25) is 0 Å². The number of rotatable bonds is 22. The largest absolute Gasteiger partial charge is 0.379 e.